The van der Waals surface area contributed by atoms with Crippen LogP contribution in [0.2, 0.25) is 0 Å². The van der Waals surface area contributed by atoms with Crippen LogP contribution in [0.3, 0.4) is 0 Å². The molecule has 0 fully saturated rings. The monoisotopic (exact) mass is 728 g/mol. The van der Waals surface area contributed by atoms with Crippen LogP contribution in [0.15, 0.2) is 24.3 Å². The first-order valence-electron chi connectivity index (χ1n) is 15.8. The predicted molar refractivity (Wildman–Crippen MR) is 181 cm³/mol. The summed E-state index contributed by atoms with van der Waals surface area (Å²) < 4.78 is 53.2. The van der Waals surface area contributed by atoms with Crippen molar-refractivity contribution in [2.24, 2.45) is 0 Å². The molecular formula is C30H52O12P4. The van der Waals surface area contributed by atoms with E-state index in [1.54, 1.807) is 55.4 Å². The Morgan fingerprint density at radius 1 is 0.370 bits per heavy atom. The molecule has 0 spiro atoms. The molecule has 0 bridgehead atoms. The van der Waals surface area contributed by atoms with Crippen LogP contribution < -0.4 is 0 Å². The van der Waals surface area contributed by atoms with Gasteiger partial charge in [0.25, 0.3) is 0 Å². The highest BCUT2D eigenvalue weighted by Crippen LogP contribution is 2.70. The summed E-state index contributed by atoms with van der Waals surface area (Å²) in [5.41, 5.74) is 0.0780. The first-order chi connectivity index (χ1) is 20.9. The van der Waals surface area contributed by atoms with Gasteiger partial charge in [-0.05, 0) is 109 Å². The number of benzene rings is 2. The van der Waals surface area contributed by atoms with Crippen LogP contribution in [0, 0.1) is 0 Å². The molecule has 264 valence electrons. The van der Waals surface area contributed by atoms with Crippen LogP contribution in [-0.2, 0) is 38.9 Å². The zero-order chi connectivity index (χ0) is 35.9. The Morgan fingerprint density at radius 2 is 0.500 bits per heavy atom. The zero-order valence-electron chi connectivity index (χ0n) is 28.0. The number of rotatable bonds is 16. The largest absolute Gasteiger partial charge is 0.335 e. The highest BCUT2D eigenvalue weighted by molar-refractivity contribution is 7.54. The van der Waals surface area contributed by atoms with Gasteiger partial charge in [-0.15, -0.1) is 0 Å². The molecule has 0 unspecified atom stereocenters. The molecule has 0 radical (unpaired) electrons. The van der Waals surface area contributed by atoms with E-state index in [0.717, 1.165) is 0 Å². The van der Waals surface area contributed by atoms with Crippen LogP contribution in [0.5, 0.6) is 0 Å². The summed E-state index contributed by atoms with van der Waals surface area (Å²) in [6.45, 7) is 12.6. The van der Waals surface area contributed by atoms with Crippen LogP contribution in [0.4, 0.5) is 0 Å². The number of hydrogen-bond donors (Lipinski definition) is 8. The molecule has 2 aromatic rings. The molecule has 0 aliphatic carbocycles. The highest BCUT2D eigenvalue weighted by Gasteiger charge is 2.55. The van der Waals surface area contributed by atoms with E-state index in [-0.39, 0.29) is 84.4 Å². The normalized spacial score (nSPS) is 14.7. The third-order valence-corrected chi connectivity index (χ3v) is 19.0. The van der Waals surface area contributed by atoms with Crippen LogP contribution in [-0.4, -0.2) is 39.1 Å². The fourth-order valence-electron chi connectivity index (χ4n) is 7.69. The Bertz CT molecular complexity index is 1360. The van der Waals surface area contributed by atoms with Crippen LogP contribution in [0.25, 0.3) is 10.8 Å². The Hall–Kier alpha value is -0.700. The van der Waals surface area contributed by atoms with E-state index < -0.39 is 51.0 Å². The average Bonchev–Trinajstić information content (AvgIpc) is 2.94. The molecule has 46 heavy (non-hydrogen) atoms. The van der Waals surface area contributed by atoms with E-state index in [0.29, 0.717) is 0 Å². The van der Waals surface area contributed by atoms with Gasteiger partial charge in [0.15, 0.2) is 0 Å². The summed E-state index contributed by atoms with van der Waals surface area (Å²) in [7, 11) is -20.0. The second-order valence-corrected chi connectivity index (χ2v) is 20.1. The van der Waals surface area contributed by atoms with Crippen LogP contribution in [0.1, 0.15) is 129 Å². The maximum absolute atomic E-state index is 13.3. The van der Waals surface area contributed by atoms with Crippen LogP contribution >= 0.6 is 30.4 Å². The third kappa shape index (κ3) is 6.25. The predicted octanol–water partition coefficient (Wildman–Crippen LogP) is 7.61. The highest BCUT2D eigenvalue weighted by atomic mass is 31.2. The SMILES string of the molecule is CCC(CC)(c1cc2cc(C(CC)(CC)P(=O)(O)O)c(C(CC)(CC)P(=O)(O)O)cc2cc1C(CC)(CC)P(=O)(O)O)P(=O)(O)O. The quantitative estimate of drug-likeness (QED) is 0.0781. The molecule has 0 saturated heterocycles. The molecule has 2 aromatic carbocycles. The second kappa shape index (κ2) is 13.9. The van der Waals surface area contributed by atoms with E-state index >= 15 is 0 Å². The molecule has 2 rings (SSSR count). The van der Waals surface area contributed by atoms with E-state index in [2.05, 4.69) is 0 Å². The third-order valence-electron chi connectivity index (χ3n) is 11.0. The van der Waals surface area contributed by atoms with Crippen molar-refractivity contribution in [3.63, 3.8) is 0 Å². The topological polar surface area (TPSA) is 230 Å². The van der Waals surface area contributed by atoms with E-state index in [9.17, 15) is 57.4 Å². The van der Waals surface area contributed by atoms with Crippen molar-refractivity contribution in [3.05, 3.63) is 46.5 Å². The maximum Gasteiger partial charge on any atom is 0.335 e. The fourth-order valence-corrected chi connectivity index (χ4v) is 13.0. The lowest BCUT2D eigenvalue weighted by molar-refractivity contribution is 0.301. The molecule has 0 atom stereocenters. The van der Waals surface area contributed by atoms with Gasteiger partial charge in [-0.25, -0.2) is 0 Å². The van der Waals surface area contributed by atoms with Crippen molar-refractivity contribution in [2.45, 2.75) is 127 Å². The van der Waals surface area contributed by atoms with Gasteiger partial charge in [0.05, 0.1) is 20.6 Å². The molecule has 0 saturated carbocycles. The summed E-state index contributed by atoms with van der Waals surface area (Å²) in [5, 5.41) is -6.93. The van der Waals surface area contributed by atoms with Gasteiger partial charge < -0.3 is 39.1 Å². The van der Waals surface area contributed by atoms with Crippen molar-refractivity contribution >= 4 is 41.2 Å². The van der Waals surface area contributed by atoms with Gasteiger partial charge in [0.1, 0.15) is 0 Å². The van der Waals surface area contributed by atoms with Gasteiger partial charge >= 0.3 is 30.4 Å². The molecular weight excluding hydrogens is 676 g/mol. The standard InChI is InChI=1S/C30H52O12P4/c1-9-27(10-2,43(31,32)33)23-17-21-19-25(29(13-5,14-6)45(37,38)39)26(30(15-7,16-8)46(40,41)42)20-22(21)18-24(23)28(11-3,12-4)44(34,35)36/h17-20H,9-16H2,1-8H3,(H2,31,32,33)(H2,34,35,36)(H2,37,38,39)(H2,40,41,42). The van der Waals surface area contributed by atoms with E-state index in [1.807, 2.05) is 0 Å². The molecule has 0 amide bonds. The molecule has 12 nitrogen and oxygen atoms in total. The smallest absolute Gasteiger partial charge is 0.324 e. The molecule has 0 aromatic heterocycles. The summed E-state index contributed by atoms with van der Waals surface area (Å²) in [6, 6.07) is 5.75. The van der Waals surface area contributed by atoms with Crippen molar-refractivity contribution in [3.8, 4) is 0 Å². The molecule has 8 N–H and O–H groups in total. The Balaban J connectivity index is 3.58. The van der Waals surface area contributed by atoms with Crippen molar-refractivity contribution in [2.75, 3.05) is 0 Å². The van der Waals surface area contributed by atoms with Gasteiger partial charge in [-0.2, -0.15) is 0 Å². The molecule has 0 heterocycles. The number of hydrogen-bond acceptors (Lipinski definition) is 4. The minimum absolute atomic E-state index is 0.0195. The zero-order valence-corrected chi connectivity index (χ0v) is 31.5. The van der Waals surface area contributed by atoms with Gasteiger partial charge in [-0.1, -0.05) is 55.4 Å². The van der Waals surface area contributed by atoms with E-state index in [1.165, 1.54) is 24.3 Å². The molecule has 0 aliphatic rings. The minimum atomic E-state index is -5.01. The average molecular weight is 729 g/mol. The minimum Gasteiger partial charge on any atom is -0.324 e. The lowest BCUT2D eigenvalue weighted by Crippen LogP contribution is -2.34. The first-order valence-corrected chi connectivity index (χ1v) is 22.2. The Morgan fingerprint density at radius 3 is 0.587 bits per heavy atom. The van der Waals surface area contributed by atoms with Crippen molar-refractivity contribution in [1.29, 1.82) is 0 Å². The van der Waals surface area contributed by atoms with E-state index in [4.69, 9.17) is 0 Å². The lowest BCUT2D eigenvalue weighted by Gasteiger charge is -2.42. The van der Waals surface area contributed by atoms with Crippen molar-refractivity contribution in [1.82, 2.24) is 0 Å². The van der Waals surface area contributed by atoms with Crippen molar-refractivity contribution < 1.29 is 57.4 Å². The molecule has 16 heteroatoms. The Kier molecular flexibility index (Phi) is 12.5. The Labute approximate surface area is 272 Å². The molecule has 0 aliphatic heterocycles. The first kappa shape index (κ1) is 41.5. The maximum atomic E-state index is 13.3. The second-order valence-electron chi connectivity index (χ2n) is 12.3. The fraction of sp³-hybridized carbons (Fsp3) is 0.667. The summed E-state index contributed by atoms with van der Waals surface area (Å²) >= 11 is 0. The lowest BCUT2D eigenvalue weighted by atomic mass is 9.77. The summed E-state index contributed by atoms with van der Waals surface area (Å²) in [6.07, 6.45) is -0.736. The van der Waals surface area contributed by atoms with Gasteiger partial charge in [0, 0.05) is 0 Å². The summed E-state index contributed by atoms with van der Waals surface area (Å²) in [5.74, 6) is 0. The van der Waals surface area contributed by atoms with Gasteiger partial charge in [-0.3, -0.25) is 18.3 Å². The number of fused-ring (bicyclic) bond motifs is 1. The summed E-state index contributed by atoms with van der Waals surface area (Å²) in [4.78, 5) is 86.3. The van der Waals surface area contributed by atoms with Gasteiger partial charge in [0.2, 0.25) is 0 Å².